The number of aromatic nitrogens is 1. The Balaban J connectivity index is 1.45. The molecule has 214 valence electrons. The molecule has 9 heteroatoms. The van der Waals surface area contributed by atoms with Crippen LogP contribution in [0.2, 0.25) is 5.02 Å². The van der Waals surface area contributed by atoms with Crippen LogP contribution in [0.4, 0.5) is 4.39 Å². The van der Waals surface area contributed by atoms with E-state index in [2.05, 4.69) is 6.92 Å². The van der Waals surface area contributed by atoms with Crippen molar-refractivity contribution in [2.75, 3.05) is 26.7 Å². The van der Waals surface area contributed by atoms with Gasteiger partial charge in [-0.1, -0.05) is 56.3 Å². The van der Waals surface area contributed by atoms with Gasteiger partial charge in [-0.2, -0.15) is 4.73 Å². The first-order chi connectivity index (χ1) is 19.2. The first-order valence-corrected chi connectivity index (χ1v) is 14.4. The molecule has 1 fully saturated rings. The fourth-order valence-corrected chi connectivity index (χ4v) is 5.62. The Bertz CT molecular complexity index is 1360. The number of benzene rings is 2. The number of likely N-dealkylation sites (N-methyl/N-ethyl adjacent to an activating group) is 1. The molecule has 0 radical (unpaired) electrons. The van der Waals surface area contributed by atoms with E-state index in [-0.39, 0.29) is 33.4 Å². The van der Waals surface area contributed by atoms with Crippen molar-refractivity contribution < 1.29 is 24.0 Å². The molecule has 0 atom stereocenters. The zero-order chi connectivity index (χ0) is 28.8. The number of piperidine rings is 1. The quantitative estimate of drug-likeness (QED) is 0.126. The van der Waals surface area contributed by atoms with Gasteiger partial charge in [0.05, 0.1) is 27.9 Å². The summed E-state index contributed by atoms with van der Waals surface area (Å²) in [7, 11) is 1.60. The number of nitrogens with zero attached hydrogens (tertiary/aromatic N) is 3. The van der Waals surface area contributed by atoms with Crippen LogP contribution < -0.4 is 0 Å². The molecule has 4 rings (SSSR count). The van der Waals surface area contributed by atoms with Crippen molar-refractivity contribution in [3.63, 3.8) is 0 Å². The van der Waals surface area contributed by atoms with Gasteiger partial charge in [-0.15, -0.1) is 0 Å². The van der Waals surface area contributed by atoms with Crippen molar-refractivity contribution in [1.29, 1.82) is 0 Å². The van der Waals surface area contributed by atoms with E-state index in [9.17, 15) is 24.0 Å². The molecule has 2 aromatic carbocycles. The third kappa shape index (κ3) is 6.84. The molecule has 7 nitrogen and oxygen atoms in total. The van der Waals surface area contributed by atoms with Crippen LogP contribution in [-0.2, 0) is 11.2 Å². The molecule has 40 heavy (non-hydrogen) atoms. The van der Waals surface area contributed by atoms with Crippen LogP contribution >= 0.6 is 11.6 Å². The molecule has 2 amide bonds. The second-order valence-corrected chi connectivity index (χ2v) is 11.2. The normalized spacial score (nSPS) is 14.1. The number of hydrogen-bond donors (Lipinski definition) is 1. The van der Waals surface area contributed by atoms with Gasteiger partial charge in [0.1, 0.15) is 5.82 Å². The summed E-state index contributed by atoms with van der Waals surface area (Å²) < 4.78 is 14.0. The fraction of sp³-hybridized carbons (Fsp3) is 0.452. The monoisotopic (exact) mass is 569 g/mol. The van der Waals surface area contributed by atoms with E-state index in [1.54, 1.807) is 24.1 Å². The largest absolute Gasteiger partial charge is 0.428 e. The van der Waals surface area contributed by atoms with Crippen LogP contribution in [0.15, 0.2) is 42.6 Å². The Kier molecular flexibility index (Phi) is 9.85. The molecular weight excluding hydrogens is 533 g/mol. The number of ketones is 1. The number of amides is 2. The van der Waals surface area contributed by atoms with Crippen molar-refractivity contribution in [2.24, 2.45) is 5.92 Å². The van der Waals surface area contributed by atoms with Crippen molar-refractivity contribution in [1.82, 2.24) is 14.5 Å². The van der Waals surface area contributed by atoms with Gasteiger partial charge in [0.25, 0.3) is 17.6 Å². The molecule has 0 spiro atoms. The van der Waals surface area contributed by atoms with Gasteiger partial charge >= 0.3 is 0 Å². The first kappa shape index (κ1) is 29.6. The molecule has 0 unspecified atom stereocenters. The minimum atomic E-state index is -0.740. The smallest absolute Gasteiger partial charge is 0.294 e. The van der Waals surface area contributed by atoms with E-state index >= 15 is 0 Å². The minimum absolute atomic E-state index is 0.0315. The van der Waals surface area contributed by atoms with Gasteiger partial charge in [-0.3, -0.25) is 14.4 Å². The molecule has 1 aliphatic rings. The lowest BCUT2D eigenvalue weighted by atomic mass is 9.90. The third-order valence-electron chi connectivity index (χ3n) is 7.83. The van der Waals surface area contributed by atoms with Gasteiger partial charge in [0.15, 0.2) is 0 Å². The highest BCUT2D eigenvalue weighted by Gasteiger charge is 2.29. The maximum Gasteiger partial charge on any atom is 0.294 e. The number of carbonyl (C=O) groups excluding carboxylic acids is 3. The minimum Gasteiger partial charge on any atom is -0.428 e. The first-order valence-electron chi connectivity index (χ1n) is 14.1. The van der Waals surface area contributed by atoms with E-state index in [1.807, 2.05) is 0 Å². The Morgan fingerprint density at radius 3 is 2.38 bits per heavy atom. The number of unbranched alkanes of at least 4 members (excludes halogenated alkanes) is 4. The van der Waals surface area contributed by atoms with Gasteiger partial charge in [-0.25, -0.2) is 4.39 Å². The zero-order valence-corrected chi connectivity index (χ0v) is 23.9. The molecule has 1 saturated heterocycles. The average Bonchev–Trinajstić information content (AvgIpc) is 3.27. The van der Waals surface area contributed by atoms with Crippen LogP contribution in [-0.4, -0.2) is 64.0 Å². The van der Waals surface area contributed by atoms with Crippen LogP contribution in [0, 0.1) is 11.7 Å². The SMILES string of the molecule is CCCCCCCN(C)C(=O)C(=O)c1cn(O)c2cc(Cl)c(C(=O)N3CCC(Cc4ccc(F)cc4)CC3)cc12. The topological polar surface area (TPSA) is 82.9 Å². The number of hydrogen-bond acceptors (Lipinski definition) is 4. The highest BCUT2D eigenvalue weighted by molar-refractivity contribution is 6.45. The molecule has 0 aliphatic carbocycles. The zero-order valence-electron chi connectivity index (χ0n) is 23.2. The Hall–Kier alpha value is -3.39. The van der Waals surface area contributed by atoms with Crippen LogP contribution in [0.5, 0.6) is 0 Å². The van der Waals surface area contributed by atoms with Crippen molar-refractivity contribution in [2.45, 2.75) is 58.3 Å². The number of halogens is 2. The Morgan fingerprint density at radius 1 is 1.02 bits per heavy atom. The van der Waals surface area contributed by atoms with Crippen LogP contribution in [0.25, 0.3) is 10.9 Å². The van der Waals surface area contributed by atoms with Crippen molar-refractivity contribution in [3.05, 3.63) is 70.1 Å². The Labute approximate surface area is 239 Å². The second kappa shape index (κ2) is 13.3. The maximum atomic E-state index is 13.5. The summed E-state index contributed by atoms with van der Waals surface area (Å²) in [5.41, 5.74) is 1.58. The summed E-state index contributed by atoms with van der Waals surface area (Å²) in [5, 5.41) is 10.9. The summed E-state index contributed by atoms with van der Waals surface area (Å²) >= 11 is 6.47. The fourth-order valence-electron chi connectivity index (χ4n) is 5.38. The number of carbonyl (C=O) groups is 3. The standard InChI is InChI=1S/C31H37ClFN3O4/c1-3-4-5-6-7-14-34(2)31(39)29(37)26-20-36(40)28-19-27(32)25(18-24(26)28)30(38)35-15-12-22(13-16-35)17-21-8-10-23(33)11-9-21/h8-11,18-20,22,40H,3-7,12-17H2,1-2H3. The summed E-state index contributed by atoms with van der Waals surface area (Å²) in [4.78, 5) is 42.7. The molecule has 1 N–H and O–H groups in total. The van der Waals surface area contributed by atoms with Crippen LogP contribution in [0.3, 0.4) is 0 Å². The van der Waals surface area contributed by atoms with Crippen LogP contribution in [0.1, 0.15) is 78.1 Å². The predicted molar refractivity (Wildman–Crippen MR) is 154 cm³/mol. The molecule has 2 heterocycles. The molecule has 0 bridgehead atoms. The van der Waals surface area contributed by atoms with Gasteiger partial charge in [-0.05, 0) is 61.4 Å². The average molecular weight is 570 g/mol. The van der Waals surface area contributed by atoms with Crippen molar-refractivity contribution >= 4 is 40.1 Å². The Morgan fingerprint density at radius 2 is 1.70 bits per heavy atom. The summed E-state index contributed by atoms with van der Waals surface area (Å²) in [6, 6.07) is 9.47. The maximum absolute atomic E-state index is 13.5. The number of fused-ring (bicyclic) bond motifs is 1. The predicted octanol–water partition coefficient (Wildman–Crippen LogP) is 6.38. The highest BCUT2D eigenvalue weighted by Crippen LogP contribution is 2.31. The highest BCUT2D eigenvalue weighted by atomic mass is 35.5. The summed E-state index contributed by atoms with van der Waals surface area (Å²) in [6.07, 6.45) is 8.80. The van der Waals surface area contributed by atoms with E-state index < -0.39 is 11.7 Å². The van der Waals surface area contributed by atoms with E-state index in [0.29, 0.717) is 30.9 Å². The summed E-state index contributed by atoms with van der Waals surface area (Å²) in [6.45, 7) is 3.71. The van der Waals surface area contributed by atoms with Gasteiger partial charge in [0, 0.05) is 32.1 Å². The number of Topliss-reactive ketones (excluding diaryl/α,β-unsaturated/α-hetero) is 1. The molecule has 3 aromatic rings. The lowest BCUT2D eigenvalue weighted by Gasteiger charge is -2.32. The van der Waals surface area contributed by atoms with Gasteiger partial charge in [0.2, 0.25) is 0 Å². The lowest BCUT2D eigenvalue weighted by molar-refractivity contribution is -0.125. The third-order valence-corrected chi connectivity index (χ3v) is 8.14. The van der Waals surface area contributed by atoms with Crippen molar-refractivity contribution in [3.8, 4) is 0 Å². The molecule has 1 aromatic heterocycles. The van der Waals surface area contributed by atoms with E-state index in [1.165, 1.54) is 35.4 Å². The summed E-state index contributed by atoms with van der Waals surface area (Å²) in [5.74, 6) is -1.53. The molecular formula is C31H37ClFN3O4. The number of likely N-dealkylation sites (tertiary alicyclic amines) is 1. The molecule has 0 saturated carbocycles. The van der Waals surface area contributed by atoms with E-state index in [4.69, 9.17) is 11.6 Å². The lowest BCUT2D eigenvalue weighted by Crippen LogP contribution is -2.39. The number of rotatable bonds is 11. The van der Waals surface area contributed by atoms with E-state index in [0.717, 1.165) is 61.7 Å². The molecule has 1 aliphatic heterocycles. The van der Waals surface area contributed by atoms with Gasteiger partial charge < -0.3 is 15.0 Å². The second-order valence-electron chi connectivity index (χ2n) is 10.8.